The molecule has 1 aliphatic heterocycles. The van der Waals surface area contributed by atoms with Gasteiger partial charge in [-0.25, -0.2) is 0 Å². The van der Waals surface area contributed by atoms with Crippen LogP contribution >= 0.6 is 0 Å². The van der Waals surface area contributed by atoms with E-state index < -0.39 is 18.1 Å². The van der Waals surface area contributed by atoms with E-state index in [1.807, 2.05) is 39.8 Å². The normalized spacial score (nSPS) is 20.3. The molecule has 0 radical (unpaired) electrons. The molecule has 0 aromatic heterocycles. The molecule has 202 valence electrons. The van der Waals surface area contributed by atoms with E-state index >= 15 is 0 Å². The molecule has 2 aromatic carbocycles. The van der Waals surface area contributed by atoms with Crippen LogP contribution in [0.1, 0.15) is 63.8 Å². The summed E-state index contributed by atoms with van der Waals surface area (Å²) < 4.78 is 0. The molecule has 0 bridgehead atoms. The van der Waals surface area contributed by atoms with Gasteiger partial charge in [-0.15, -0.1) is 0 Å². The molecule has 1 saturated heterocycles. The molecular formula is C30H38N4O4. The Bertz CT molecular complexity index is 1180. The second-order valence-electron chi connectivity index (χ2n) is 11.2. The average Bonchev–Trinajstić information content (AvgIpc) is 3.27. The summed E-state index contributed by atoms with van der Waals surface area (Å²) in [6.07, 6.45) is 1.83. The van der Waals surface area contributed by atoms with Gasteiger partial charge in [0.1, 0.15) is 18.1 Å². The smallest absolute Gasteiger partial charge is 0.247 e. The van der Waals surface area contributed by atoms with Crippen molar-refractivity contribution in [2.75, 3.05) is 5.32 Å². The zero-order valence-corrected chi connectivity index (χ0v) is 22.8. The minimum Gasteiger partial charge on any atom is -0.352 e. The Balaban J connectivity index is 1.74. The number of carbonyl (C=O) groups excluding carboxylic acids is 4. The Morgan fingerprint density at radius 1 is 0.974 bits per heavy atom. The number of carbonyl (C=O) groups is 4. The molecule has 0 spiro atoms. The molecule has 8 heteroatoms. The number of nitrogens with zero attached hydrogens (tertiary/aromatic N) is 1. The third kappa shape index (κ3) is 5.90. The van der Waals surface area contributed by atoms with Crippen LogP contribution in [0.2, 0.25) is 0 Å². The average molecular weight is 519 g/mol. The van der Waals surface area contributed by atoms with Crippen LogP contribution < -0.4 is 16.0 Å². The monoisotopic (exact) mass is 518 g/mol. The molecular weight excluding hydrogens is 480 g/mol. The molecule has 38 heavy (non-hydrogen) atoms. The molecule has 0 unspecified atom stereocenters. The van der Waals surface area contributed by atoms with Crippen LogP contribution in [0.4, 0.5) is 5.69 Å². The summed E-state index contributed by atoms with van der Waals surface area (Å²) in [6, 6.07) is 12.4. The Hall–Kier alpha value is -3.68. The maximum absolute atomic E-state index is 14.3. The maximum atomic E-state index is 14.3. The Labute approximate surface area is 224 Å². The molecule has 1 fully saturated rings. The quantitative estimate of drug-likeness (QED) is 0.498. The highest BCUT2D eigenvalue weighted by Gasteiger charge is 2.49. The van der Waals surface area contributed by atoms with Gasteiger partial charge in [0.25, 0.3) is 0 Å². The summed E-state index contributed by atoms with van der Waals surface area (Å²) in [5, 5.41) is 8.73. The molecule has 3 atom stereocenters. The number of fused-ring (bicyclic) bond motifs is 1. The maximum Gasteiger partial charge on any atom is 0.247 e. The van der Waals surface area contributed by atoms with Crippen LogP contribution in [-0.2, 0) is 32.0 Å². The van der Waals surface area contributed by atoms with E-state index in [2.05, 4.69) is 28.1 Å². The van der Waals surface area contributed by atoms with E-state index in [1.54, 1.807) is 24.3 Å². The lowest BCUT2D eigenvalue weighted by atomic mass is 9.88. The lowest BCUT2D eigenvalue weighted by molar-refractivity contribution is -0.158. The van der Waals surface area contributed by atoms with Crippen molar-refractivity contribution in [3.63, 3.8) is 0 Å². The van der Waals surface area contributed by atoms with E-state index in [1.165, 1.54) is 23.0 Å². The first-order valence-electron chi connectivity index (χ1n) is 13.4. The van der Waals surface area contributed by atoms with Gasteiger partial charge in [-0.2, -0.15) is 0 Å². The van der Waals surface area contributed by atoms with Crippen LogP contribution in [0.3, 0.4) is 0 Å². The lowest BCUT2D eigenvalue weighted by Gasteiger charge is -2.45. The molecule has 1 aliphatic carbocycles. The minimum atomic E-state index is -0.989. The Morgan fingerprint density at radius 3 is 2.11 bits per heavy atom. The van der Waals surface area contributed by atoms with Crippen molar-refractivity contribution in [1.29, 1.82) is 0 Å². The first-order valence-corrected chi connectivity index (χ1v) is 13.4. The molecule has 4 amide bonds. The number of hydrogen-bond donors (Lipinski definition) is 3. The van der Waals surface area contributed by atoms with Crippen molar-refractivity contribution in [1.82, 2.24) is 15.5 Å². The standard InChI is InChI=1S/C30H38N4O4/c1-17(2)14-25-28(36)33-26(23-15-21-8-6-7-9-22(21)16-23)30(38)34(25)27(29(37)31-18(3)4)20-10-12-24(13-11-20)32-19(5)35/h6-13,17-18,23,25-27H,14-16H2,1-5H3,(H,31,37)(H,32,35)(H,33,36)/t25-,26-,27-/m1/s1. The lowest BCUT2D eigenvalue weighted by Crippen LogP contribution is -2.67. The molecule has 2 aromatic rings. The molecule has 4 rings (SSSR count). The summed E-state index contributed by atoms with van der Waals surface area (Å²) in [5.74, 6) is -0.948. The predicted octanol–water partition coefficient (Wildman–Crippen LogP) is 3.37. The van der Waals surface area contributed by atoms with E-state index in [9.17, 15) is 19.2 Å². The first kappa shape index (κ1) is 27.4. The van der Waals surface area contributed by atoms with Crippen molar-refractivity contribution >= 4 is 29.3 Å². The van der Waals surface area contributed by atoms with Gasteiger partial charge in [-0.3, -0.25) is 19.2 Å². The minimum absolute atomic E-state index is 0.0812. The number of amides is 4. The van der Waals surface area contributed by atoms with Gasteiger partial charge in [0.2, 0.25) is 23.6 Å². The number of benzene rings is 2. The summed E-state index contributed by atoms with van der Waals surface area (Å²) in [7, 11) is 0. The summed E-state index contributed by atoms with van der Waals surface area (Å²) in [5.41, 5.74) is 3.56. The Morgan fingerprint density at radius 2 is 1.58 bits per heavy atom. The van der Waals surface area contributed by atoms with Crippen molar-refractivity contribution in [3.8, 4) is 0 Å². The van der Waals surface area contributed by atoms with E-state index in [4.69, 9.17) is 0 Å². The highest BCUT2D eigenvalue weighted by Crippen LogP contribution is 2.35. The fourth-order valence-corrected chi connectivity index (χ4v) is 5.63. The van der Waals surface area contributed by atoms with E-state index in [0.29, 0.717) is 30.5 Å². The molecule has 2 aliphatic rings. The van der Waals surface area contributed by atoms with Gasteiger partial charge in [0.15, 0.2) is 0 Å². The number of rotatable bonds is 8. The van der Waals surface area contributed by atoms with Crippen LogP contribution in [-0.4, -0.2) is 46.7 Å². The second-order valence-corrected chi connectivity index (χ2v) is 11.2. The number of nitrogens with one attached hydrogen (secondary N) is 3. The van der Waals surface area contributed by atoms with Gasteiger partial charge in [-0.1, -0.05) is 50.2 Å². The predicted molar refractivity (Wildman–Crippen MR) is 146 cm³/mol. The highest BCUT2D eigenvalue weighted by molar-refractivity contribution is 6.00. The topological polar surface area (TPSA) is 108 Å². The summed E-state index contributed by atoms with van der Waals surface area (Å²) >= 11 is 0. The third-order valence-electron chi connectivity index (χ3n) is 7.21. The van der Waals surface area contributed by atoms with E-state index in [0.717, 1.165) is 0 Å². The summed E-state index contributed by atoms with van der Waals surface area (Å²) in [6.45, 7) is 9.16. The largest absolute Gasteiger partial charge is 0.352 e. The van der Waals surface area contributed by atoms with Crippen LogP contribution in [0.5, 0.6) is 0 Å². The van der Waals surface area contributed by atoms with Crippen LogP contribution in [0, 0.1) is 11.8 Å². The highest BCUT2D eigenvalue weighted by atomic mass is 16.2. The number of hydrogen-bond acceptors (Lipinski definition) is 4. The van der Waals surface area contributed by atoms with Crippen molar-refractivity contribution < 1.29 is 19.2 Å². The van der Waals surface area contributed by atoms with Crippen molar-refractivity contribution in [2.45, 2.75) is 78.0 Å². The van der Waals surface area contributed by atoms with Gasteiger partial charge < -0.3 is 20.9 Å². The van der Waals surface area contributed by atoms with Gasteiger partial charge in [0, 0.05) is 18.7 Å². The second kappa shape index (κ2) is 11.4. The molecule has 3 N–H and O–H groups in total. The third-order valence-corrected chi connectivity index (χ3v) is 7.21. The van der Waals surface area contributed by atoms with Crippen molar-refractivity contribution in [2.24, 2.45) is 11.8 Å². The van der Waals surface area contributed by atoms with E-state index in [-0.39, 0.29) is 41.5 Å². The van der Waals surface area contributed by atoms with Crippen LogP contribution in [0.25, 0.3) is 0 Å². The zero-order chi connectivity index (χ0) is 27.6. The molecule has 8 nitrogen and oxygen atoms in total. The molecule has 0 saturated carbocycles. The van der Waals surface area contributed by atoms with Gasteiger partial charge >= 0.3 is 0 Å². The van der Waals surface area contributed by atoms with Gasteiger partial charge in [0.05, 0.1) is 0 Å². The fraction of sp³-hybridized carbons (Fsp3) is 0.467. The first-order chi connectivity index (χ1) is 18.0. The fourth-order valence-electron chi connectivity index (χ4n) is 5.63. The molecule has 1 heterocycles. The van der Waals surface area contributed by atoms with Crippen molar-refractivity contribution in [3.05, 3.63) is 65.2 Å². The summed E-state index contributed by atoms with van der Waals surface area (Å²) in [4.78, 5) is 54.6. The number of anilines is 1. The number of piperazine rings is 1. The van der Waals surface area contributed by atoms with Gasteiger partial charge in [-0.05, 0) is 73.8 Å². The zero-order valence-electron chi connectivity index (χ0n) is 22.8. The SMILES string of the molecule is CC(=O)Nc1ccc([C@H](C(=O)NC(C)C)N2C(=O)[C@@H](C3Cc4ccccc4C3)NC(=O)[C@H]2CC(C)C)cc1. The Kier molecular flexibility index (Phi) is 8.19. The van der Waals surface area contributed by atoms with Crippen LogP contribution in [0.15, 0.2) is 48.5 Å².